The van der Waals surface area contributed by atoms with E-state index in [1.54, 1.807) is 6.20 Å². The SMILES string of the molecule is C[C@H]1CCc2c(ccc(-c3cnn(C4CC4)c3)c2Oc2ncc(C(F)(F)F)cc2F)N1. The molecule has 2 aromatic heterocycles. The van der Waals surface area contributed by atoms with Crippen LogP contribution in [0.3, 0.4) is 0 Å². The zero-order valence-electron chi connectivity index (χ0n) is 16.7. The third kappa shape index (κ3) is 3.84. The van der Waals surface area contributed by atoms with Gasteiger partial charge in [-0.25, -0.2) is 9.37 Å². The van der Waals surface area contributed by atoms with E-state index in [-0.39, 0.29) is 6.04 Å². The van der Waals surface area contributed by atoms with E-state index >= 15 is 0 Å². The molecule has 31 heavy (non-hydrogen) atoms. The molecule has 1 aliphatic carbocycles. The predicted molar refractivity (Wildman–Crippen MR) is 107 cm³/mol. The van der Waals surface area contributed by atoms with Crippen molar-refractivity contribution in [2.75, 3.05) is 5.32 Å². The molecule has 1 atom stereocenters. The van der Waals surface area contributed by atoms with Gasteiger partial charge in [-0.05, 0) is 50.8 Å². The molecule has 1 saturated carbocycles. The molecule has 1 N–H and O–H groups in total. The monoisotopic (exact) mass is 432 g/mol. The van der Waals surface area contributed by atoms with Gasteiger partial charge in [0.1, 0.15) is 5.75 Å². The van der Waals surface area contributed by atoms with Gasteiger partial charge in [0.05, 0.1) is 17.8 Å². The van der Waals surface area contributed by atoms with Crippen LogP contribution in [0.2, 0.25) is 0 Å². The van der Waals surface area contributed by atoms with Crippen molar-refractivity contribution < 1.29 is 22.3 Å². The highest BCUT2D eigenvalue weighted by atomic mass is 19.4. The number of halogens is 4. The molecule has 1 aliphatic heterocycles. The lowest BCUT2D eigenvalue weighted by Gasteiger charge is -2.27. The summed E-state index contributed by atoms with van der Waals surface area (Å²) >= 11 is 0. The minimum atomic E-state index is -4.68. The zero-order chi connectivity index (χ0) is 21.8. The molecule has 1 aromatic carbocycles. The van der Waals surface area contributed by atoms with Gasteiger partial charge >= 0.3 is 6.18 Å². The summed E-state index contributed by atoms with van der Waals surface area (Å²) in [7, 11) is 0. The van der Waals surface area contributed by atoms with Gasteiger partial charge in [0, 0.05) is 40.8 Å². The normalized spacial score (nSPS) is 18.4. The highest BCUT2D eigenvalue weighted by molar-refractivity contribution is 5.77. The molecular weight excluding hydrogens is 412 g/mol. The highest BCUT2D eigenvalue weighted by Crippen LogP contribution is 2.44. The number of alkyl halides is 3. The average Bonchev–Trinajstić information content (AvgIpc) is 3.46. The van der Waals surface area contributed by atoms with Gasteiger partial charge < -0.3 is 10.1 Å². The Morgan fingerprint density at radius 3 is 2.68 bits per heavy atom. The van der Waals surface area contributed by atoms with Gasteiger partial charge in [0.25, 0.3) is 5.88 Å². The topological polar surface area (TPSA) is 52.0 Å². The van der Waals surface area contributed by atoms with E-state index in [1.165, 1.54) is 0 Å². The Hall–Kier alpha value is -3.10. The van der Waals surface area contributed by atoms with E-state index in [9.17, 15) is 17.6 Å². The van der Waals surface area contributed by atoms with Gasteiger partial charge in [-0.3, -0.25) is 4.68 Å². The third-order valence-electron chi connectivity index (χ3n) is 5.66. The molecule has 3 aromatic rings. The van der Waals surface area contributed by atoms with Crippen LogP contribution < -0.4 is 10.1 Å². The maximum absolute atomic E-state index is 14.5. The van der Waals surface area contributed by atoms with Crippen molar-refractivity contribution in [3.8, 4) is 22.8 Å². The summed E-state index contributed by atoms with van der Waals surface area (Å²) in [5.41, 5.74) is 2.04. The largest absolute Gasteiger partial charge is 0.435 e. The highest BCUT2D eigenvalue weighted by Gasteiger charge is 2.33. The number of nitrogens with zero attached hydrogens (tertiary/aromatic N) is 3. The summed E-state index contributed by atoms with van der Waals surface area (Å²) in [4.78, 5) is 3.62. The minimum Gasteiger partial charge on any atom is -0.435 e. The molecule has 5 nitrogen and oxygen atoms in total. The molecule has 0 radical (unpaired) electrons. The summed E-state index contributed by atoms with van der Waals surface area (Å²) in [6.07, 6.45) is 3.24. The number of nitrogens with one attached hydrogen (secondary N) is 1. The van der Waals surface area contributed by atoms with Gasteiger partial charge in [-0.15, -0.1) is 0 Å². The van der Waals surface area contributed by atoms with Crippen LogP contribution in [0.1, 0.15) is 43.4 Å². The molecular formula is C22H20F4N4O. The number of fused-ring (bicyclic) bond motifs is 1. The van der Waals surface area contributed by atoms with Gasteiger partial charge in [-0.2, -0.15) is 18.3 Å². The van der Waals surface area contributed by atoms with Crippen molar-refractivity contribution in [1.82, 2.24) is 14.8 Å². The number of ether oxygens (including phenoxy) is 1. The van der Waals surface area contributed by atoms with Crippen molar-refractivity contribution >= 4 is 5.69 Å². The average molecular weight is 432 g/mol. The number of rotatable bonds is 4. The first-order chi connectivity index (χ1) is 14.8. The quantitative estimate of drug-likeness (QED) is 0.516. The van der Waals surface area contributed by atoms with Crippen molar-refractivity contribution in [2.45, 2.75) is 50.9 Å². The minimum absolute atomic E-state index is 0.268. The maximum atomic E-state index is 14.5. The smallest absolute Gasteiger partial charge is 0.417 e. The van der Waals surface area contributed by atoms with Gasteiger partial charge in [-0.1, -0.05) is 0 Å². The van der Waals surface area contributed by atoms with Crippen LogP contribution in [0.15, 0.2) is 36.8 Å². The van der Waals surface area contributed by atoms with E-state index in [2.05, 4.69) is 22.3 Å². The van der Waals surface area contributed by atoms with Crippen LogP contribution in [0, 0.1) is 5.82 Å². The molecule has 5 rings (SSSR count). The molecule has 0 saturated heterocycles. The second kappa shape index (κ2) is 7.25. The second-order valence-corrected chi connectivity index (χ2v) is 8.10. The van der Waals surface area contributed by atoms with Crippen LogP contribution in [0.25, 0.3) is 11.1 Å². The Morgan fingerprint density at radius 1 is 1.16 bits per heavy atom. The number of hydrogen-bond donors (Lipinski definition) is 1. The number of aromatic nitrogens is 3. The van der Waals surface area contributed by atoms with Crippen molar-refractivity contribution in [3.05, 3.63) is 53.7 Å². The summed E-state index contributed by atoms with van der Waals surface area (Å²) in [6.45, 7) is 2.06. The molecule has 0 unspecified atom stereocenters. The fourth-order valence-electron chi connectivity index (χ4n) is 3.82. The van der Waals surface area contributed by atoms with E-state index in [4.69, 9.17) is 4.74 Å². The van der Waals surface area contributed by atoms with Crippen molar-refractivity contribution in [2.24, 2.45) is 0 Å². The summed E-state index contributed by atoms with van der Waals surface area (Å²) < 4.78 is 60.9. The zero-order valence-corrected chi connectivity index (χ0v) is 16.7. The first kappa shape index (κ1) is 19.8. The standard InChI is InChI=1S/C22H20F4N4O/c1-12-2-5-17-19(29-12)7-6-16(13-9-28-30(11-13)15-3-4-15)20(17)31-21-18(23)8-14(10-27-21)22(24,25)26/h6-12,15,29H,2-5H2,1H3/t12-/m0/s1. The molecule has 1 fully saturated rings. The third-order valence-corrected chi connectivity index (χ3v) is 5.66. The molecule has 162 valence electrons. The first-order valence-electron chi connectivity index (χ1n) is 10.2. The second-order valence-electron chi connectivity index (χ2n) is 8.10. The molecule has 0 spiro atoms. The van der Waals surface area contributed by atoms with E-state index in [0.717, 1.165) is 36.1 Å². The van der Waals surface area contributed by atoms with Crippen LogP contribution >= 0.6 is 0 Å². The fraction of sp³-hybridized carbons (Fsp3) is 0.364. The lowest BCUT2D eigenvalue weighted by Crippen LogP contribution is -2.22. The molecule has 3 heterocycles. The van der Waals surface area contributed by atoms with Crippen LogP contribution in [0.5, 0.6) is 11.6 Å². The number of anilines is 1. The van der Waals surface area contributed by atoms with Gasteiger partial charge in [0.15, 0.2) is 5.82 Å². The lowest BCUT2D eigenvalue weighted by atomic mass is 9.94. The Labute approximate surface area is 176 Å². The Morgan fingerprint density at radius 2 is 1.97 bits per heavy atom. The number of hydrogen-bond acceptors (Lipinski definition) is 4. The molecule has 0 bridgehead atoms. The van der Waals surface area contributed by atoms with Crippen LogP contribution in [-0.2, 0) is 12.6 Å². The van der Waals surface area contributed by atoms with E-state index < -0.39 is 23.4 Å². The number of pyridine rings is 1. The van der Waals surface area contributed by atoms with E-state index in [1.807, 2.05) is 23.0 Å². The van der Waals surface area contributed by atoms with Crippen molar-refractivity contribution in [3.63, 3.8) is 0 Å². The Bertz CT molecular complexity index is 1140. The molecule has 2 aliphatic rings. The van der Waals surface area contributed by atoms with Gasteiger partial charge in [0.2, 0.25) is 0 Å². The maximum Gasteiger partial charge on any atom is 0.417 e. The predicted octanol–water partition coefficient (Wildman–Crippen LogP) is 5.98. The molecule has 0 amide bonds. The lowest BCUT2D eigenvalue weighted by molar-refractivity contribution is -0.138. The Kier molecular flexibility index (Phi) is 4.64. The summed E-state index contributed by atoms with van der Waals surface area (Å²) in [5.74, 6) is -1.27. The summed E-state index contributed by atoms with van der Waals surface area (Å²) in [6, 6.07) is 4.87. The van der Waals surface area contributed by atoms with Crippen molar-refractivity contribution in [1.29, 1.82) is 0 Å². The number of benzene rings is 1. The first-order valence-corrected chi connectivity index (χ1v) is 10.2. The van der Waals surface area contributed by atoms with E-state index in [0.29, 0.717) is 36.0 Å². The molecule has 9 heteroatoms. The Balaban J connectivity index is 1.58. The van der Waals surface area contributed by atoms with Crippen LogP contribution in [-0.4, -0.2) is 20.8 Å². The fourth-order valence-corrected chi connectivity index (χ4v) is 3.82. The van der Waals surface area contributed by atoms with Crippen LogP contribution in [0.4, 0.5) is 23.2 Å². The summed E-state index contributed by atoms with van der Waals surface area (Å²) in [5, 5.41) is 7.79.